The second-order valence-corrected chi connectivity index (χ2v) is 6.87. The van der Waals surface area contributed by atoms with Crippen LogP contribution in [-0.2, 0) is 0 Å². The van der Waals surface area contributed by atoms with E-state index in [9.17, 15) is 4.79 Å². The first-order valence-electron chi connectivity index (χ1n) is 10.1. The van der Waals surface area contributed by atoms with Gasteiger partial charge in [0.1, 0.15) is 17.7 Å². The van der Waals surface area contributed by atoms with Gasteiger partial charge in [0.15, 0.2) is 28.6 Å². The number of hydrogen-bond acceptors (Lipinski definition) is 8. The smallest absolute Gasteiger partial charge is 0.239 e. The molecule has 3 aromatic rings. The predicted molar refractivity (Wildman–Crippen MR) is 119 cm³/mol. The van der Waals surface area contributed by atoms with Gasteiger partial charge in [0.25, 0.3) is 0 Å². The minimum absolute atomic E-state index is 0.0382. The maximum atomic E-state index is 13.4. The summed E-state index contributed by atoms with van der Waals surface area (Å²) in [5, 5.41) is 0.196. The Kier molecular flexibility index (Phi) is 6.11. The lowest BCUT2D eigenvalue weighted by molar-refractivity contribution is 0.174. The lowest BCUT2D eigenvalue weighted by atomic mass is 10.1. The van der Waals surface area contributed by atoms with E-state index in [0.29, 0.717) is 35.2 Å². The molecule has 0 atom stereocenters. The van der Waals surface area contributed by atoms with Crippen LogP contribution in [0.2, 0.25) is 0 Å². The van der Waals surface area contributed by atoms with E-state index < -0.39 is 5.43 Å². The molecule has 2 heterocycles. The van der Waals surface area contributed by atoms with Crippen LogP contribution in [0.15, 0.2) is 45.6 Å². The number of rotatable bonds is 8. The van der Waals surface area contributed by atoms with Gasteiger partial charge in [-0.05, 0) is 24.6 Å². The summed E-state index contributed by atoms with van der Waals surface area (Å²) in [6.45, 7) is 2.50. The minimum atomic E-state index is -0.394. The molecule has 32 heavy (non-hydrogen) atoms. The number of benzene rings is 2. The summed E-state index contributed by atoms with van der Waals surface area (Å²) in [6, 6.07) is 6.85. The van der Waals surface area contributed by atoms with Crippen LogP contribution in [0.5, 0.6) is 34.5 Å². The predicted octanol–water partition coefficient (Wildman–Crippen LogP) is 4.56. The Morgan fingerprint density at radius 1 is 0.938 bits per heavy atom. The average molecular weight is 440 g/mol. The van der Waals surface area contributed by atoms with Gasteiger partial charge in [-0.2, -0.15) is 0 Å². The quantitative estimate of drug-likeness (QED) is 0.471. The van der Waals surface area contributed by atoms with Gasteiger partial charge < -0.3 is 32.8 Å². The molecule has 1 aliphatic heterocycles. The highest BCUT2D eigenvalue weighted by Gasteiger charge is 2.26. The Morgan fingerprint density at radius 3 is 2.44 bits per heavy atom. The van der Waals surface area contributed by atoms with Gasteiger partial charge in [-0.3, -0.25) is 4.79 Å². The lowest BCUT2D eigenvalue weighted by Gasteiger charge is -2.16. The van der Waals surface area contributed by atoms with Crippen LogP contribution in [0.4, 0.5) is 0 Å². The molecular weight excluding hydrogens is 416 g/mol. The Hall–Kier alpha value is -3.81. The highest BCUT2D eigenvalue weighted by Crippen LogP contribution is 2.45. The van der Waals surface area contributed by atoms with Crippen molar-refractivity contribution in [3.05, 3.63) is 46.6 Å². The van der Waals surface area contributed by atoms with Crippen LogP contribution in [0, 0.1) is 0 Å². The molecule has 0 bridgehead atoms. The van der Waals surface area contributed by atoms with Crippen molar-refractivity contribution in [2.24, 2.45) is 0 Å². The topological polar surface area (TPSA) is 85.6 Å². The standard InChI is InChI=1S/C24H24O8/c1-5-6-7-10-29-18-12-17(26-2)19-20(25)24(28-4)21(32-23(19)22(18)27-3)14-8-9-15-16(11-14)31-13-30-15/h6-9,11-12H,5,10,13H2,1-4H3. The SMILES string of the molecule is CCC=CCOc1cc(OC)c2c(=O)c(OC)c(-c3ccc4c(c3)OCO4)oc2c1OC. The fourth-order valence-corrected chi connectivity index (χ4v) is 3.52. The van der Waals surface area contributed by atoms with Gasteiger partial charge >= 0.3 is 0 Å². The maximum absolute atomic E-state index is 13.4. The largest absolute Gasteiger partial charge is 0.496 e. The zero-order chi connectivity index (χ0) is 22.7. The highest BCUT2D eigenvalue weighted by atomic mass is 16.7. The summed E-state index contributed by atoms with van der Waals surface area (Å²) in [6.07, 6.45) is 4.79. The molecule has 0 N–H and O–H groups in total. The van der Waals surface area contributed by atoms with E-state index in [1.165, 1.54) is 21.3 Å². The van der Waals surface area contributed by atoms with Crippen LogP contribution in [0.1, 0.15) is 13.3 Å². The molecular formula is C24H24O8. The molecule has 4 rings (SSSR count). The van der Waals surface area contributed by atoms with Crippen molar-refractivity contribution in [3.8, 4) is 45.8 Å². The third kappa shape index (κ3) is 3.68. The molecule has 0 aliphatic carbocycles. The van der Waals surface area contributed by atoms with Crippen LogP contribution in [-0.4, -0.2) is 34.7 Å². The molecule has 2 aromatic carbocycles. The zero-order valence-corrected chi connectivity index (χ0v) is 18.4. The number of hydrogen-bond donors (Lipinski definition) is 0. The first kappa shape index (κ1) is 21.4. The van der Waals surface area contributed by atoms with E-state index in [0.717, 1.165) is 6.42 Å². The van der Waals surface area contributed by atoms with E-state index in [2.05, 4.69) is 0 Å². The van der Waals surface area contributed by atoms with Gasteiger partial charge in [0.2, 0.25) is 23.7 Å². The summed E-state index contributed by atoms with van der Waals surface area (Å²) in [7, 11) is 4.37. The van der Waals surface area contributed by atoms with E-state index in [1.54, 1.807) is 24.3 Å². The maximum Gasteiger partial charge on any atom is 0.239 e. The van der Waals surface area contributed by atoms with Crippen molar-refractivity contribution in [3.63, 3.8) is 0 Å². The number of methoxy groups -OCH3 is 3. The second kappa shape index (κ2) is 9.13. The molecule has 0 unspecified atom stereocenters. The molecule has 0 fully saturated rings. The molecule has 0 spiro atoms. The fourth-order valence-electron chi connectivity index (χ4n) is 3.52. The normalized spacial score (nSPS) is 12.4. The van der Waals surface area contributed by atoms with E-state index in [-0.39, 0.29) is 35.0 Å². The molecule has 0 saturated heterocycles. The average Bonchev–Trinajstić information content (AvgIpc) is 3.28. The first-order valence-corrected chi connectivity index (χ1v) is 10.1. The van der Waals surface area contributed by atoms with Crippen LogP contribution < -0.4 is 33.8 Å². The first-order chi connectivity index (χ1) is 15.6. The van der Waals surface area contributed by atoms with E-state index in [1.807, 2.05) is 19.1 Å². The van der Waals surface area contributed by atoms with Gasteiger partial charge in [-0.1, -0.05) is 19.1 Å². The van der Waals surface area contributed by atoms with Gasteiger partial charge in [0, 0.05) is 11.6 Å². The zero-order valence-electron chi connectivity index (χ0n) is 18.4. The highest BCUT2D eigenvalue weighted by molar-refractivity contribution is 5.93. The van der Waals surface area contributed by atoms with Crippen LogP contribution >= 0.6 is 0 Å². The van der Waals surface area contributed by atoms with E-state index in [4.69, 9.17) is 32.8 Å². The molecule has 1 aliphatic rings. The molecule has 8 nitrogen and oxygen atoms in total. The van der Waals surface area contributed by atoms with Crippen molar-refractivity contribution in [2.45, 2.75) is 13.3 Å². The van der Waals surface area contributed by atoms with Crippen molar-refractivity contribution < 1.29 is 32.8 Å². The number of fused-ring (bicyclic) bond motifs is 2. The Bertz CT molecular complexity index is 1230. The Balaban J connectivity index is 1.96. The molecule has 168 valence electrons. The third-order valence-corrected chi connectivity index (χ3v) is 5.01. The summed E-state index contributed by atoms with van der Waals surface area (Å²) in [5.41, 5.74) is 0.386. The Morgan fingerprint density at radius 2 is 1.72 bits per heavy atom. The molecule has 1 aromatic heterocycles. The van der Waals surface area contributed by atoms with Gasteiger partial charge in [0.05, 0.1) is 21.3 Å². The number of ether oxygens (including phenoxy) is 6. The Labute approximate surface area is 184 Å². The van der Waals surface area contributed by atoms with Gasteiger partial charge in [-0.25, -0.2) is 0 Å². The number of allylic oxidation sites excluding steroid dienone is 1. The van der Waals surface area contributed by atoms with Crippen molar-refractivity contribution in [1.82, 2.24) is 0 Å². The minimum Gasteiger partial charge on any atom is -0.496 e. The van der Waals surface area contributed by atoms with Crippen molar-refractivity contribution >= 4 is 11.0 Å². The molecule has 0 saturated carbocycles. The van der Waals surface area contributed by atoms with Crippen LogP contribution in [0.3, 0.4) is 0 Å². The lowest BCUT2D eigenvalue weighted by Crippen LogP contribution is -2.10. The summed E-state index contributed by atoms with van der Waals surface area (Å²) in [5.74, 6) is 2.40. The molecule has 0 radical (unpaired) electrons. The van der Waals surface area contributed by atoms with Gasteiger partial charge in [-0.15, -0.1) is 0 Å². The van der Waals surface area contributed by atoms with Crippen molar-refractivity contribution in [2.75, 3.05) is 34.7 Å². The summed E-state index contributed by atoms with van der Waals surface area (Å²) < 4.78 is 39.4. The van der Waals surface area contributed by atoms with Crippen LogP contribution in [0.25, 0.3) is 22.3 Å². The summed E-state index contributed by atoms with van der Waals surface area (Å²) in [4.78, 5) is 13.4. The summed E-state index contributed by atoms with van der Waals surface area (Å²) >= 11 is 0. The molecule has 8 heteroatoms. The van der Waals surface area contributed by atoms with Crippen molar-refractivity contribution in [1.29, 1.82) is 0 Å². The fraction of sp³-hybridized carbons (Fsp3) is 0.292. The monoisotopic (exact) mass is 440 g/mol. The molecule has 0 amide bonds. The van der Waals surface area contributed by atoms with E-state index >= 15 is 0 Å². The third-order valence-electron chi connectivity index (χ3n) is 5.01. The second-order valence-electron chi connectivity index (χ2n) is 6.87.